The number of pyridine rings is 1. The third kappa shape index (κ3) is 3.78. The number of hydrogen-bond acceptors (Lipinski definition) is 2. The molecule has 4 aromatic rings. The first-order valence-electron chi connectivity index (χ1n) is 10.6. The van der Waals surface area contributed by atoms with Crippen molar-refractivity contribution in [3.05, 3.63) is 113 Å². The number of hydrogen-bond donors (Lipinski definition) is 1. The predicted octanol–water partition coefficient (Wildman–Crippen LogP) is 5.94. The summed E-state index contributed by atoms with van der Waals surface area (Å²) in [6.45, 7) is 4.07. The highest BCUT2D eigenvalue weighted by Crippen LogP contribution is 2.43. The van der Waals surface area contributed by atoms with Gasteiger partial charge in [0, 0.05) is 29.0 Å². The van der Waals surface area contributed by atoms with Gasteiger partial charge in [-0.3, -0.25) is 4.98 Å². The zero-order valence-electron chi connectivity index (χ0n) is 18.2. The van der Waals surface area contributed by atoms with E-state index in [4.69, 9.17) is 12.2 Å². The Kier molecular flexibility index (Phi) is 5.42. The number of thiocarbonyl (C=S) groups is 1. The van der Waals surface area contributed by atoms with Crippen molar-refractivity contribution in [2.45, 2.75) is 25.9 Å². The summed E-state index contributed by atoms with van der Waals surface area (Å²) < 4.78 is 29.3. The molecule has 1 saturated heterocycles. The Hall–Kier alpha value is -3.58. The molecule has 33 heavy (non-hydrogen) atoms. The molecule has 0 radical (unpaired) electrons. The molecule has 2 aromatic carbocycles. The summed E-state index contributed by atoms with van der Waals surface area (Å²) >= 11 is 5.74. The zero-order valence-corrected chi connectivity index (χ0v) is 19.0. The summed E-state index contributed by atoms with van der Waals surface area (Å²) in [4.78, 5) is 6.60. The number of rotatable bonds is 4. The van der Waals surface area contributed by atoms with E-state index in [-0.39, 0.29) is 23.7 Å². The van der Waals surface area contributed by atoms with Gasteiger partial charge in [-0.2, -0.15) is 0 Å². The lowest BCUT2D eigenvalue weighted by Gasteiger charge is -2.28. The SMILES string of the molecule is Cc1cc([C@@H]2[C@H](c3ccccn3)NC(=S)N2c2ccc(F)cc2)c(C)n1-c1ccc(F)cc1. The number of nitrogens with one attached hydrogen (secondary N) is 1. The Balaban J connectivity index is 1.67. The Bertz CT molecular complexity index is 1300. The van der Waals surface area contributed by atoms with Crippen molar-refractivity contribution in [3.8, 4) is 5.69 Å². The Morgan fingerprint density at radius 3 is 2.12 bits per heavy atom. The molecule has 1 aliphatic heterocycles. The van der Waals surface area contributed by atoms with Gasteiger partial charge in [0.25, 0.3) is 0 Å². The maximum Gasteiger partial charge on any atom is 0.174 e. The molecule has 166 valence electrons. The van der Waals surface area contributed by atoms with Crippen LogP contribution in [0.2, 0.25) is 0 Å². The Morgan fingerprint density at radius 1 is 0.879 bits per heavy atom. The minimum atomic E-state index is -0.302. The second-order valence-electron chi connectivity index (χ2n) is 8.11. The van der Waals surface area contributed by atoms with Gasteiger partial charge in [0.15, 0.2) is 5.11 Å². The maximum absolute atomic E-state index is 13.7. The van der Waals surface area contributed by atoms with Crippen molar-refractivity contribution in [2.75, 3.05) is 4.90 Å². The van der Waals surface area contributed by atoms with E-state index in [0.717, 1.165) is 34.0 Å². The molecule has 0 spiro atoms. The van der Waals surface area contributed by atoms with Crippen molar-refractivity contribution in [2.24, 2.45) is 0 Å². The fourth-order valence-electron chi connectivity index (χ4n) is 4.63. The Labute approximate surface area is 196 Å². The van der Waals surface area contributed by atoms with E-state index < -0.39 is 0 Å². The highest BCUT2D eigenvalue weighted by Gasteiger charge is 2.42. The summed E-state index contributed by atoms with van der Waals surface area (Å²) in [6.07, 6.45) is 1.76. The molecule has 3 heterocycles. The average molecular weight is 461 g/mol. The standard InChI is InChI=1S/C26H22F2N4S/c1-16-15-22(17(2)31(16)20-10-6-18(27)7-11-20)25-24(23-5-3-4-14-29-23)30-26(33)32(25)21-12-8-19(28)9-13-21/h3-15,24-25H,1-2H3,(H,30,33)/t24-,25+/m0/s1. The third-order valence-electron chi connectivity index (χ3n) is 6.08. The molecule has 7 heteroatoms. The number of halogens is 2. The van der Waals surface area contributed by atoms with Crippen LogP contribution in [0.5, 0.6) is 0 Å². The smallest absolute Gasteiger partial charge is 0.174 e. The van der Waals surface area contributed by atoms with Crippen LogP contribution < -0.4 is 10.2 Å². The summed E-state index contributed by atoms with van der Waals surface area (Å²) in [7, 11) is 0. The molecular weight excluding hydrogens is 438 g/mol. The molecule has 0 saturated carbocycles. The molecule has 4 nitrogen and oxygen atoms in total. The Morgan fingerprint density at radius 2 is 1.52 bits per heavy atom. The number of aromatic nitrogens is 2. The monoisotopic (exact) mass is 460 g/mol. The van der Waals surface area contributed by atoms with Crippen LogP contribution in [-0.2, 0) is 0 Å². The molecule has 0 unspecified atom stereocenters. The van der Waals surface area contributed by atoms with Gasteiger partial charge in [-0.1, -0.05) is 6.07 Å². The highest BCUT2D eigenvalue weighted by atomic mass is 32.1. The first kappa shape index (κ1) is 21.3. The molecule has 0 bridgehead atoms. The first-order chi connectivity index (χ1) is 15.9. The average Bonchev–Trinajstić information content (AvgIpc) is 3.31. The molecule has 5 rings (SSSR count). The second-order valence-corrected chi connectivity index (χ2v) is 8.50. The van der Waals surface area contributed by atoms with Crippen molar-refractivity contribution >= 4 is 23.0 Å². The lowest BCUT2D eigenvalue weighted by atomic mass is 9.96. The van der Waals surface area contributed by atoms with Crippen LogP contribution in [-0.4, -0.2) is 14.7 Å². The van der Waals surface area contributed by atoms with Crippen LogP contribution in [0.3, 0.4) is 0 Å². The summed E-state index contributed by atoms with van der Waals surface area (Å²) in [5.74, 6) is -0.575. The van der Waals surface area contributed by atoms with Gasteiger partial charge in [-0.05, 0) is 98.4 Å². The van der Waals surface area contributed by atoms with Gasteiger partial charge in [-0.25, -0.2) is 8.78 Å². The molecule has 1 fully saturated rings. The molecule has 2 aromatic heterocycles. The number of aryl methyl sites for hydroxylation is 1. The lowest BCUT2D eigenvalue weighted by molar-refractivity contribution is 0.565. The van der Waals surface area contributed by atoms with Crippen LogP contribution in [0.1, 0.15) is 34.7 Å². The molecule has 1 N–H and O–H groups in total. The van der Waals surface area contributed by atoms with Crippen molar-refractivity contribution in [1.29, 1.82) is 0 Å². The van der Waals surface area contributed by atoms with E-state index >= 15 is 0 Å². The molecule has 0 amide bonds. The minimum absolute atomic E-state index is 0.203. The van der Waals surface area contributed by atoms with E-state index in [1.807, 2.05) is 36.9 Å². The van der Waals surface area contributed by atoms with Gasteiger partial charge >= 0.3 is 0 Å². The number of nitrogens with zero attached hydrogens (tertiary/aromatic N) is 3. The van der Waals surface area contributed by atoms with Gasteiger partial charge in [0.1, 0.15) is 11.6 Å². The lowest BCUT2D eigenvalue weighted by Crippen LogP contribution is -2.29. The zero-order chi connectivity index (χ0) is 23.1. The van der Waals surface area contributed by atoms with E-state index in [0.29, 0.717) is 5.11 Å². The van der Waals surface area contributed by atoms with E-state index in [9.17, 15) is 8.78 Å². The van der Waals surface area contributed by atoms with Crippen molar-refractivity contribution < 1.29 is 8.78 Å². The van der Waals surface area contributed by atoms with Gasteiger partial charge in [0.05, 0.1) is 17.8 Å². The molecule has 2 atom stereocenters. The predicted molar refractivity (Wildman–Crippen MR) is 130 cm³/mol. The van der Waals surface area contributed by atoms with E-state index in [2.05, 4.69) is 20.9 Å². The van der Waals surface area contributed by atoms with Gasteiger partial charge < -0.3 is 14.8 Å². The first-order valence-corrected chi connectivity index (χ1v) is 11.1. The topological polar surface area (TPSA) is 33.1 Å². The van der Waals surface area contributed by atoms with Gasteiger partial charge in [-0.15, -0.1) is 0 Å². The molecule has 0 aliphatic carbocycles. The van der Waals surface area contributed by atoms with Crippen LogP contribution in [0.25, 0.3) is 5.69 Å². The summed E-state index contributed by atoms with van der Waals surface area (Å²) in [5, 5.41) is 3.98. The van der Waals surface area contributed by atoms with Crippen LogP contribution in [0.15, 0.2) is 79.0 Å². The van der Waals surface area contributed by atoms with Gasteiger partial charge in [0.2, 0.25) is 0 Å². The van der Waals surface area contributed by atoms with Crippen LogP contribution in [0.4, 0.5) is 14.5 Å². The second kappa shape index (κ2) is 8.41. The van der Waals surface area contributed by atoms with Crippen LogP contribution in [0, 0.1) is 25.5 Å². The normalized spacial score (nSPS) is 17.9. The fourth-order valence-corrected chi connectivity index (χ4v) is 4.97. The maximum atomic E-state index is 13.7. The molecular formula is C26H22F2N4S. The largest absolute Gasteiger partial charge is 0.351 e. The third-order valence-corrected chi connectivity index (χ3v) is 6.39. The number of anilines is 1. The van der Waals surface area contributed by atoms with E-state index in [1.165, 1.54) is 24.3 Å². The minimum Gasteiger partial charge on any atom is -0.351 e. The highest BCUT2D eigenvalue weighted by molar-refractivity contribution is 7.80. The summed E-state index contributed by atoms with van der Waals surface area (Å²) in [5.41, 5.74) is 5.64. The van der Waals surface area contributed by atoms with Crippen LogP contribution >= 0.6 is 12.2 Å². The fraction of sp³-hybridized carbons (Fsp3) is 0.154. The van der Waals surface area contributed by atoms with Crippen molar-refractivity contribution in [1.82, 2.24) is 14.9 Å². The van der Waals surface area contributed by atoms with Crippen molar-refractivity contribution in [3.63, 3.8) is 0 Å². The summed E-state index contributed by atoms with van der Waals surface area (Å²) in [6, 6.07) is 20.3. The van der Waals surface area contributed by atoms with E-state index in [1.54, 1.807) is 30.5 Å². The quantitative estimate of drug-likeness (QED) is 0.382. The molecule has 1 aliphatic rings. The number of benzene rings is 2.